The monoisotopic (exact) mass is 169 g/mol. The predicted molar refractivity (Wildman–Crippen MR) is 50.9 cm³/mol. The lowest BCUT2D eigenvalue weighted by Crippen LogP contribution is -2.08. The third kappa shape index (κ3) is 2.04. The van der Waals surface area contributed by atoms with Gasteiger partial charge in [0.1, 0.15) is 0 Å². The molecule has 1 rings (SSSR count). The van der Waals surface area contributed by atoms with Crippen molar-refractivity contribution in [3.05, 3.63) is 21.9 Å². The SMILES string of the molecule is CC(C)(C)c1cc(CN)cs1. The van der Waals surface area contributed by atoms with Crippen molar-refractivity contribution in [1.29, 1.82) is 0 Å². The molecule has 0 saturated carbocycles. The van der Waals surface area contributed by atoms with Crippen LogP contribution >= 0.6 is 11.3 Å². The van der Waals surface area contributed by atoms with Crippen molar-refractivity contribution in [2.24, 2.45) is 5.73 Å². The fraction of sp³-hybridized carbons (Fsp3) is 0.556. The van der Waals surface area contributed by atoms with E-state index in [9.17, 15) is 0 Å². The van der Waals surface area contributed by atoms with Crippen LogP contribution in [-0.4, -0.2) is 0 Å². The van der Waals surface area contributed by atoms with E-state index >= 15 is 0 Å². The van der Waals surface area contributed by atoms with Crippen molar-refractivity contribution in [1.82, 2.24) is 0 Å². The minimum atomic E-state index is 0.276. The largest absolute Gasteiger partial charge is 0.326 e. The summed E-state index contributed by atoms with van der Waals surface area (Å²) in [7, 11) is 0. The van der Waals surface area contributed by atoms with E-state index in [2.05, 4.69) is 32.2 Å². The molecule has 0 aliphatic heterocycles. The summed E-state index contributed by atoms with van der Waals surface area (Å²) in [4.78, 5) is 1.41. The van der Waals surface area contributed by atoms with E-state index < -0.39 is 0 Å². The summed E-state index contributed by atoms with van der Waals surface area (Å²) in [5.41, 5.74) is 7.04. The topological polar surface area (TPSA) is 26.0 Å². The molecule has 0 unspecified atom stereocenters. The van der Waals surface area contributed by atoms with Crippen molar-refractivity contribution in [2.75, 3.05) is 0 Å². The van der Waals surface area contributed by atoms with E-state index in [0.717, 1.165) is 0 Å². The average Bonchev–Trinajstić information content (AvgIpc) is 2.32. The van der Waals surface area contributed by atoms with Gasteiger partial charge in [0.2, 0.25) is 0 Å². The zero-order valence-corrected chi connectivity index (χ0v) is 8.16. The van der Waals surface area contributed by atoms with Crippen LogP contribution in [-0.2, 0) is 12.0 Å². The van der Waals surface area contributed by atoms with Gasteiger partial charge in [-0.3, -0.25) is 0 Å². The Morgan fingerprint density at radius 3 is 2.36 bits per heavy atom. The normalized spacial score (nSPS) is 12.0. The van der Waals surface area contributed by atoms with E-state index in [4.69, 9.17) is 5.73 Å². The summed E-state index contributed by atoms with van der Waals surface area (Å²) in [5.74, 6) is 0. The van der Waals surface area contributed by atoms with Gasteiger partial charge in [-0.05, 0) is 22.4 Å². The van der Waals surface area contributed by atoms with E-state index in [-0.39, 0.29) is 5.41 Å². The molecule has 11 heavy (non-hydrogen) atoms. The fourth-order valence-corrected chi connectivity index (χ4v) is 1.89. The molecule has 1 aromatic rings. The molecule has 0 bridgehead atoms. The van der Waals surface area contributed by atoms with E-state index in [0.29, 0.717) is 6.54 Å². The lowest BCUT2D eigenvalue weighted by Gasteiger charge is -2.15. The Kier molecular flexibility index (Phi) is 2.35. The molecule has 2 N–H and O–H groups in total. The second kappa shape index (κ2) is 2.95. The van der Waals surface area contributed by atoms with Crippen LogP contribution < -0.4 is 5.73 Å². The van der Waals surface area contributed by atoms with Crippen LogP contribution in [0.25, 0.3) is 0 Å². The van der Waals surface area contributed by atoms with Gasteiger partial charge in [-0.15, -0.1) is 11.3 Å². The minimum absolute atomic E-state index is 0.276. The molecule has 0 aliphatic carbocycles. The summed E-state index contributed by atoms with van der Waals surface area (Å²) in [6.07, 6.45) is 0. The summed E-state index contributed by atoms with van der Waals surface area (Å²) in [6.45, 7) is 7.32. The van der Waals surface area contributed by atoms with Crippen molar-refractivity contribution < 1.29 is 0 Å². The van der Waals surface area contributed by atoms with Gasteiger partial charge in [-0.2, -0.15) is 0 Å². The summed E-state index contributed by atoms with van der Waals surface area (Å²) in [5, 5.41) is 2.14. The molecule has 0 aliphatic rings. The molecule has 0 atom stereocenters. The molecule has 1 nitrogen and oxygen atoms in total. The lowest BCUT2D eigenvalue weighted by atomic mass is 9.94. The molecule has 0 radical (unpaired) electrons. The number of nitrogens with two attached hydrogens (primary N) is 1. The van der Waals surface area contributed by atoms with Crippen molar-refractivity contribution >= 4 is 11.3 Å². The Bertz CT molecular complexity index is 232. The molecule has 0 spiro atoms. The first-order valence-electron chi connectivity index (χ1n) is 3.82. The van der Waals surface area contributed by atoms with Crippen molar-refractivity contribution in [3.8, 4) is 0 Å². The predicted octanol–water partition coefficient (Wildman–Crippen LogP) is 2.50. The first-order valence-corrected chi connectivity index (χ1v) is 4.70. The van der Waals surface area contributed by atoms with E-state index in [1.165, 1.54) is 10.4 Å². The Morgan fingerprint density at radius 2 is 2.09 bits per heavy atom. The van der Waals surface area contributed by atoms with E-state index in [1.807, 2.05) is 0 Å². The summed E-state index contributed by atoms with van der Waals surface area (Å²) >= 11 is 1.80. The van der Waals surface area contributed by atoms with Crippen LogP contribution in [0.15, 0.2) is 11.4 Å². The molecule has 1 heterocycles. The maximum absolute atomic E-state index is 5.51. The van der Waals surface area contributed by atoms with Crippen LogP contribution in [0.2, 0.25) is 0 Å². The molecule has 62 valence electrons. The third-order valence-electron chi connectivity index (χ3n) is 1.63. The fourth-order valence-electron chi connectivity index (χ4n) is 0.876. The quantitative estimate of drug-likeness (QED) is 0.687. The zero-order valence-electron chi connectivity index (χ0n) is 7.35. The maximum atomic E-state index is 5.51. The summed E-state index contributed by atoms with van der Waals surface area (Å²) < 4.78 is 0. The Balaban J connectivity index is 2.89. The second-order valence-electron chi connectivity index (χ2n) is 3.77. The van der Waals surface area contributed by atoms with Gasteiger partial charge < -0.3 is 5.73 Å². The molecule has 0 fully saturated rings. The van der Waals surface area contributed by atoms with Crippen molar-refractivity contribution in [3.63, 3.8) is 0 Å². The Morgan fingerprint density at radius 1 is 1.45 bits per heavy atom. The summed E-state index contributed by atoms with van der Waals surface area (Å²) in [6, 6.07) is 2.20. The second-order valence-corrected chi connectivity index (χ2v) is 4.68. The van der Waals surface area contributed by atoms with Gasteiger partial charge in [-0.25, -0.2) is 0 Å². The number of thiophene rings is 1. The highest BCUT2D eigenvalue weighted by Crippen LogP contribution is 2.28. The standard InChI is InChI=1S/C9H15NS/c1-9(2,3)8-4-7(5-10)6-11-8/h4,6H,5,10H2,1-3H3. The highest BCUT2D eigenvalue weighted by molar-refractivity contribution is 7.10. The average molecular weight is 169 g/mol. The van der Waals surface area contributed by atoms with Gasteiger partial charge in [0.25, 0.3) is 0 Å². The molecule has 0 aromatic carbocycles. The zero-order chi connectivity index (χ0) is 8.48. The highest BCUT2D eigenvalue weighted by Gasteiger charge is 2.15. The van der Waals surface area contributed by atoms with Crippen LogP contribution in [0.5, 0.6) is 0 Å². The van der Waals surface area contributed by atoms with Crippen LogP contribution in [0.1, 0.15) is 31.2 Å². The Labute approximate surface area is 72.2 Å². The smallest absolute Gasteiger partial charge is 0.0186 e. The van der Waals surface area contributed by atoms with Gasteiger partial charge >= 0.3 is 0 Å². The molecular formula is C9H15NS. The molecular weight excluding hydrogens is 154 g/mol. The highest BCUT2D eigenvalue weighted by atomic mass is 32.1. The first-order chi connectivity index (χ1) is 5.04. The number of hydrogen-bond acceptors (Lipinski definition) is 2. The third-order valence-corrected chi connectivity index (χ3v) is 3.03. The molecule has 0 amide bonds. The number of hydrogen-bond donors (Lipinski definition) is 1. The maximum Gasteiger partial charge on any atom is 0.0186 e. The van der Waals surface area contributed by atoms with Crippen LogP contribution in [0, 0.1) is 0 Å². The van der Waals surface area contributed by atoms with Crippen molar-refractivity contribution in [2.45, 2.75) is 32.7 Å². The van der Waals surface area contributed by atoms with Gasteiger partial charge in [-0.1, -0.05) is 20.8 Å². The lowest BCUT2D eigenvalue weighted by molar-refractivity contribution is 0.603. The molecule has 0 saturated heterocycles. The first kappa shape index (κ1) is 8.75. The minimum Gasteiger partial charge on any atom is -0.326 e. The van der Waals surface area contributed by atoms with Crippen LogP contribution in [0.3, 0.4) is 0 Å². The van der Waals surface area contributed by atoms with Crippen LogP contribution in [0.4, 0.5) is 0 Å². The molecule has 1 aromatic heterocycles. The van der Waals surface area contributed by atoms with Gasteiger partial charge in [0, 0.05) is 11.4 Å². The Hall–Kier alpha value is -0.340. The van der Waals surface area contributed by atoms with E-state index in [1.54, 1.807) is 11.3 Å². The van der Waals surface area contributed by atoms with Gasteiger partial charge in [0.05, 0.1) is 0 Å². The number of rotatable bonds is 1. The molecule has 2 heteroatoms. The van der Waals surface area contributed by atoms with Gasteiger partial charge in [0.15, 0.2) is 0 Å².